The van der Waals surface area contributed by atoms with Crippen LogP contribution in [0.15, 0.2) is 18.2 Å². The van der Waals surface area contributed by atoms with E-state index in [0.717, 1.165) is 0 Å². The third kappa shape index (κ3) is 1.93. The molecule has 0 spiro atoms. The van der Waals surface area contributed by atoms with E-state index in [1.165, 1.54) is 17.0 Å². The first kappa shape index (κ1) is 12.3. The van der Waals surface area contributed by atoms with Crippen LogP contribution >= 0.6 is 11.6 Å². The van der Waals surface area contributed by atoms with Gasteiger partial charge in [0.2, 0.25) is 5.95 Å². The van der Waals surface area contributed by atoms with Gasteiger partial charge in [-0.25, -0.2) is 9.37 Å². The van der Waals surface area contributed by atoms with E-state index in [4.69, 9.17) is 27.2 Å². The molecule has 0 saturated carbocycles. The number of nitrogens with zero attached hydrogens (tertiary/aromatic N) is 4. The molecule has 3 rings (SSSR count). The zero-order valence-corrected chi connectivity index (χ0v) is 10.3. The molecule has 2 aromatic heterocycles. The number of nitrogen functional groups attached to an aromatic ring is 1. The fourth-order valence-electron chi connectivity index (χ4n) is 1.89. The molecule has 2 aromatic rings. The van der Waals surface area contributed by atoms with Gasteiger partial charge in [0, 0.05) is 0 Å². The summed E-state index contributed by atoms with van der Waals surface area (Å²) in [5.41, 5.74) is 6.08. The lowest BCUT2D eigenvalue weighted by molar-refractivity contribution is -0.0174. The SMILES string of the molecule is Nc1nc(Cl)c2ncn([C@@H]3O[C@H](CO)C=C3F)c2n1. The summed E-state index contributed by atoms with van der Waals surface area (Å²) in [6, 6.07) is 0. The molecule has 7 nitrogen and oxygen atoms in total. The van der Waals surface area contributed by atoms with Crippen LogP contribution in [0.1, 0.15) is 6.23 Å². The molecule has 0 radical (unpaired) electrons. The Kier molecular flexibility index (Phi) is 2.85. The molecule has 3 heterocycles. The highest BCUT2D eigenvalue weighted by atomic mass is 35.5. The van der Waals surface area contributed by atoms with E-state index >= 15 is 0 Å². The fourth-order valence-corrected chi connectivity index (χ4v) is 2.11. The van der Waals surface area contributed by atoms with Gasteiger partial charge in [-0.1, -0.05) is 11.6 Å². The number of fused-ring (bicyclic) bond motifs is 1. The zero-order chi connectivity index (χ0) is 13.6. The minimum absolute atomic E-state index is 0.0413. The number of aliphatic hydroxyl groups is 1. The topological polar surface area (TPSA) is 99.1 Å². The van der Waals surface area contributed by atoms with Gasteiger partial charge in [0.15, 0.2) is 17.0 Å². The van der Waals surface area contributed by atoms with Gasteiger partial charge < -0.3 is 15.6 Å². The number of ether oxygens (including phenoxy) is 1. The number of nitrogens with two attached hydrogens (primary N) is 1. The second kappa shape index (κ2) is 4.41. The van der Waals surface area contributed by atoms with Crippen molar-refractivity contribution in [3.8, 4) is 0 Å². The lowest BCUT2D eigenvalue weighted by Gasteiger charge is -2.14. The van der Waals surface area contributed by atoms with E-state index in [9.17, 15) is 4.39 Å². The van der Waals surface area contributed by atoms with Gasteiger partial charge in [0.1, 0.15) is 17.4 Å². The number of aromatic nitrogens is 4. The molecule has 3 N–H and O–H groups in total. The average Bonchev–Trinajstić information content (AvgIpc) is 2.92. The maximum atomic E-state index is 13.8. The minimum Gasteiger partial charge on any atom is -0.393 e. The monoisotopic (exact) mass is 285 g/mol. The second-order valence-corrected chi connectivity index (χ2v) is 4.32. The van der Waals surface area contributed by atoms with Gasteiger partial charge in [0.05, 0.1) is 12.9 Å². The highest BCUT2D eigenvalue weighted by Gasteiger charge is 2.30. The van der Waals surface area contributed by atoms with E-state index in [1.54, 1.807) is 0 Å². The van der Waals surface area contributed by atoms with Crippen molar-refractivity contribution in [3.05, 3.63) is 23.4 Å². The maximum absolute atomic E-state index is 13.8. The van der Waals surface area contributed by atoms with Gasteiger partial charge in [-0.05, 0) is 6.08 Å². The van der Waals surface area contributed by atoms with E-state index in [1.807, 2.05) is 0 Å². The molecule has 9 heteroatoms. The molecular formula is C10H9ClFN5O2. The predicted molar refractivity (Wildman–Crippen MR) is 64.9 cm³/mol. The van der Waals surface area contributed by atoms with Gasteiger partial charge in [-0.2, -0.15) is 9.97 Å². The highest BCUT2D eigenvalue weighted by Crippen LogP contribution is 2.32. The molecule has 0 aliphatic carbocycles. The third-order valence-corrected chi connectivity index (χ3v) is 2.98. The second-order valence-electron chi connectivity index (χ2n) is 3.96. The summed E-state index contributed by atoms with van der Waals surface area (Å²) in [6.45, 7) is -0.311. The van der Waals surface area contributed by atoms with Gasteiger partial charge in [-0.3, -0.25) is 4.57 Å². The molecule has 1 aliphatic heterocycles. The maximum Gasteiger partial charge on any atom is 0.223 e. The molecule has 2 atom stereocenters. The summed E-state index contributed by atoms with van der Waals surface area (Å²) in [4.78, 5) is 11.7. The van der Waals surface area contributed by atoms with Crippen LogP contribution in [-0.2, 0) is 4.74 Å². The number of imidazole rings is 1. The van der Waals surface area contributed by atoms with Crippen molar-refractivity contribution in [2.75, 3.05) is 12.3 Å². The standard InChI is InChI=1S/C10H9ClFN5O2/c11-7-6-8(16-10(13)15-7)17(3-14-6)9-5(12)1-4(2-18)19-9/h1,3-4,9,18H,2H2,(H2,13,15,16)/t4-,9+/m0/s1. The van der Waals surface area contributed by atoms with Crippen LogP contribution in [0.5, 0.6) is 0 Å². The Morgan fingerprint density at radius 1 is 1.53 bits per heavy atom. The Morgan fingerprint density at radius 2 is 2.32 bits per heavy atom. The lowest BCUT2D eigenvalue weighted by Crippen LogP contribution is -2.16. The Balaban J connectivity index is 2.10. The summed E-state index contributed by atoms with van der Waals surface area (Å²) in [7, 11) is 0. The highest BCUT2D eigenvalue weighted by molar-refractivity contribution is 6.33. The quantitative estimate of drug-likeness (QED) is 0.792. The number of rotatable bonds is 2. The van der Waals surface area contributed by atoms with Gasteiger partial charge in [0.25, 0.3) is 0 Å². The van der Waals surface area contributed by atoms with Crippen molar-refractivity contribution < 1.29 is 14.2 Å². The van der Waals surface area contributed by atoms with Crippen molar-refractivity contribution in [2.45, 2.75) is 12.3 Å². The summed E-state index contributed by atoms with van der Waals surface area (Å²) in [6.07, 6.45) is 0.801. The molecule has 0 fully saturated rings. The molecule has 0 saturated heterocycles. The smallest absolute Gasteiger partial charge is 0.223 e. The van der Waals surface area contributed by atoms with Crippen molar-refractivity contribution in [3.63, 3.8) is 0 Å². The van der Waals surface area contributed by atoms with Crippen LogP contribution in [0.4, 0.5) is 10.3 Å². The van der Waals surface area contributed by atoms with Crippen LogP contribution in [-0.4, -0.2) is 37.3 Å². The first-order chi connectivity index (χ1) is 9.10. The first-order valence-electron chi connectivity index (χ1n) is 5.39. The summed E-state index contributed by atoms with van der Waals surface area (Å²) in [5.74, 6) is -0.577. The van der Waals surface area contributed by atoms with Crippen LogP contribution < -0.4 is 5.73 Å². The largest absolute Gasteiger partial charge is 0.393 e. The number of hydrogen-bond donors (Lipinski definition) is 2. The number of halogens is 2. The van der Waals surface area contributed by atoms with E-state index in [0.29, 0.717) is 5.52 Å². The molecule has 0 amide bonds. The molecule has 1 aliphatic rings. The normalized spacial score (nSPS) is 23.0. The number of hydrogen-bond acceptors (Lipinski definition) is 6. The Bertz CT molecular complexity index is 673. The summed E-state index contributed by atoms with van der Waals surface area (Å²) < 4.78 is 20.5. The van der Waals surface area contributed by atoms with E-state index in [-0.39, 0.29) is 23.4 Å². The van der Waals surface area contributed by atoms with Crippen LogP contribution in [0, 0.1) is 0 Å². The predicted octanol–water partition coefficient (Wildman–Crippen LogP) is 0.805. The lowest BCUT2D eigenvalue weighted by atomic mass is 10.3. The number of anilines is 1. The molecule has 0 bridgehead atoms. The minimum atomic E-state index is -1.03. The van der Waals surface area contributed by atoms with Crippen LogP contribution in [0.2, 0.25) is 5.15 Å². The molecule has 19 heavy (non-hydrogen) atoms. The van der Waals surface area contributed by atoms with Crippen molar-refractivity contribution in [1.29, 1.82) is 0 Å². The van der Waals surface area contributed by atoms with Crippen molar-refractivity contribution in [1.82, 2.24) is 19.5 Å². The first-order valence-corrected chi connectivity index (χ1v) is 5.77. The molecule has 100 valence electrons. The summed E-state index contributed by atoms with van der Waals surface area (Å²) in [5, 5.41) is 9.06. The molecule has 0 aromatic carbocycles. The summed E-state index contributed by atoms with van der Waals surface area (Å²) >= 11 is 5.88. The Hall–Kier alpha value is -1.77. The van der Waals surface area contributed by atoms with E-state index < -0.39 is 18.2 Å². The fraction of sp³-hybridized carbons (Fsp3) is 0.300. The van der Waals surface area contributed by atoms with Gasteiger partial charge in [-0.15, -0.1) is 0 Å². The third-order valence-electron chi connectivity index (χ3n) is 2.71. The number of aliphatic hydroxyl groups excluding tert-OH is 1. The Labute approximate surface area is 111 Å². The van der Waals surface area contributed by atoms with Crippen molar-refractivity contribution >= 4 is 28.7 Å². The molecule has 0 unspecified atom stereocenters. The van der Waals surface area contributed by atoms with E-state index in [2.05, 4.69) is 15.0 Å². The zero-order valence-electron chi connectivity index (χ0n) is 9.49. The van der Waals surface area contributed by atoms with Crippen LogP contribution in [0.3, 0.4) is 0 Å². The van der Waals surface area contributed by atoms with Crippen LogP contribution in [0.25, 0.3) is 11.2 Å². The van der Waals surface area contributed by atoms with Gasteiger partial charge >= 0.3 is 0 Å². The van der Waals surface area contributed by atoms with Crippen molar-refractivity contribution in [2.24, 2.45) is 0 Å². The average molecular weight is 286 g/mol. The Morgan fingerprint density at radius 3 is 3.00 bits per heavy atom. The molecular weight excluding hydrogens is 277 g/mol.